The van der Waals surface area contributed by atoms with Crippen molar-refractivity contribution in [3.63, 3.8) is 0 Å². The van der Waals surface area contributed by atoms with E-state index in [1.807, 2.05) is 13.8 Å². The Morgan fingerprint density at radius 2 is 1.44 bits per heavy atom. The van der Waals surface area contributed by atoms with E-state index in [0.29, 0.717) is 42.0 Å². The molecule has 0 radical (unpaired) electrons. The predicted octanol–water partition coefficient (Wildman–Crippen LogP) is 4.14. The zero-order chi connectivity index (χ0) is 31.7. The van der Waals surface area contributed by atoms with Gasteiger partial charge < -0.3 is 24.6 Å². The lowest BCUT2D eigenvalue weighted by Gasteiger charge is -2.41. The maximum absolute atomic E-state index is 13.8. The molecule has 1 heterocycles. The van der Waals surface area contributed by atoms with Crippen LogP contribution in [-0.2, 0) is 28.7 Å². The highest BCUT2D eigenvalue weighted by molar-refractivity contribution is 5.91. The van der Waals surface area contributed by atoms with Crippen LogP contribution >= 0.6 is 0 Å². The molecule has 1 N–H and O–H groups in total. The first-order chi connectivity index (χ1) is 20.4. The van der Waals surface area contributed by atoms with Crippen LogP contribution in [0.1, 0.15) is 50.8 Å². The molecule has 12 heteroatoms. The highest BCUT2D eigenvalue weighted by Gasteiger charge is 2.50. The molecular weight excluding hydrogens is 567 g/mol. The maximum Gasteiger partial charge on any atom is 0.471 e. The number of likely N-dealkylation sites (N-methyl/N-ethyl adjacent to an activating group) is 1. The average molecular weight is 604 g/mol. The minimum absolute atomic E-state index is 0.300. The van der Waals surface area contributed by atoms with Crippen LogP contribution in [0.25, 0.3) is 0 Å². The summed E-state index contributed by atoms with van der Waals surface area (Å²) in [7, 11) is 0.883. The molecular formula is C31H36F3N3O6. The van der Waals surface area contributed by atoms with Crippen molar-refractivity contribution in [2.45, 2.75) is 64.1 Å². The van der Waals surface area contributed by atoms with Crippen molar-refractivity contribution in [2.24, 2.45) is 0 Å². The number of esters is 1. The number of amides is 3. The second-order valence-corrected chi connectivity index (χ2v) is 10.1. The van der Waals surface area contributed by atoms with Gasteiger partial charge in [-0.05, 0) is 30.0 Å². The summed E-state index contributed by atoms with van der Waals surface area (Å²) in [5, 5.41) is 2.47. The third kappa shape index (κ3) is 8.36. The molecule has 1 aliphatic rings. The van der Waals surface area contributed by atoms with E-state index in [4.69, 9.17) is 9.47 Å². The lowest BCUT2D eigenvalue weighted by Crippen LogP contribution is -2.64. The Labute approximate surface area is 248 Å². The molecule has 1 aliphatic heterocycles. The van der Waals surface area contributed by atoms with E-state index >= 15 is 0 Å². The van der Waals surface area contributed by atoms with Gasteiger partial charge in [-0.15, -0.1) is 0 Å². The summed E-state index contributed by atoms with van der Waals surface area (Å²) in [6.07, 6.45) is -5.70. The second kappa shape index (κ2) is 14.7. The molecule has 9 nitrogen and oxygen atoms in total. The number of hydrogen-bond acceptors (Lipinski definition) is 6. The summed E-state index contributed by atoms with van der Waals surface area (Å²) >= 11 is 0. The molecule has 0 saturated heterocycles. The van der Waals surface area contributed by atoms with Crippen molar-refractivity contribution in [1.82, 2.24) is 15.1 Å². The van der Waals surface area contributed by atoms with Crippen LogP contribution in [-0.4, -0.2) is 78.0 Å². The summed E-state index contributed by atoms with van der Waals surface area (Å²) in [5.74, 6) is -5.17. The molecule has 0 spiro atoms. The maximum atomic E-state index is 13.8. The number of carbonyl (C=O) groups is 4. The summed E-state index contributed by atoms with van der Waals surface area (Å²) < 4.78 is 52.3. The van der Waals surface area contributed by atoms with Gasteiger partial charge in [0.25, 0.3) is 5.91 Å². The Hall–Kier alpha value is -4.35. The summed E-state index contributed by atoms with van der Waals surface area (Å²) in [4.78, 5) is 53.8. The van der Waals surface area contributed by atoms with Crippen LogP contribution in [0.2, 0.25) is 0 Å². The van der Waals surface area contributed by atoms with E-state index in [2.05, 4.69) is 5.32 Å². The molecule has 0 unspecified atom stereocenters. The number of alkyl halides is 3. The van der Waals surface area contributed by atoms with E-state index in [1.165, 1.54) is 4.90 Å². The molecule has 0 fully saturated rings. The molecule has 3 atom stereocenters. The Balaban J connectivity index is 2.10. The SMILES string of the molecule is CCCN(CCC)C(=O)[C@@H]1OC(C(=O)OC(c2ccccc2)c2ccccc2)=C[C@H](N(C)C(=O)C(F)(F)F)[C@H]1NC(C)=O. The number of rotatable bonds is 11. The Morgan fingerprint density at radius 1 is 0.930 bits per heavy atom. The number of nitrogens with zero attached hydrogens (tertiary/aromatic N) is 2. The van der Waals surface area contributed by atoms with Crippen LogP contribution in [0.4, 0.5) is 13.2 Å². The Bertz CT molecular complexity index is 1260. The van der Waals surface area contributed by atoms with Crippen molar-refractivity contribution in [3.05, 3.63) is 83.6 Å². The molecule has 0 bridgehead atoms. The van der Waals surface area contributed by atoms with Gasteiger partial charge in [-0.25, -0.2) is 4.79 Å². The molecule has 2 aromatic carbocycles. The largest absolute Gasteiger partial charge is 0.471 e. The fraction of sp³-hybridized carbons (Fsp3) is 0.419. The van der Waals surface area contributed by atoms with Gasteiger partial charge in [-0.3, -0.25) is 14.4 Å². The first-order valence-electron chi connectivity index (χ1n) is 14.0. The summed E-state index contributed by atoms with van der Waals surface area (Å²) in [5.41, 5.74) is 1.22. The smallest absolute Gasteiger partial charge is 0.471 e. The standard InChI is InChI=1S/C31H36F3N3O6/c1-5-17-37(18-6-2)28(39)27-25(35-20(3)38)23(36(4)30(41)31(32,33)34)19-24(42-27)29(40)43-26(21-13-9-7-10-14-21)22-15-11-8-12-16-22/h7-16,19,23,25-27H,5-6,17-18H2,1-4H3,(H,35,38)/t23-,25+,27+/m0/s1. The lowest BCUT2D eigenvalue weighted by molar-refractivity contribution is -0.187. The number of carbonyl (C=O) groups excluding carboxylic acids is 4. The number of hydrogen-bond donors (Lipinski definition) is 1. The van der Waals surface area contributed by atoms with Crippen LogP contribution in [0.3, 0.4) is 0 Å². The van der Waals surface area contributed by atoms with Gasteiger partial charge in [0.15, 0.2) is 12.2 Å². The fourth-order valence-corrected chi connectivity index (χ4v) is 4.89. The molecule has 43 heavy (non-hydrogen) atoms. The number of ether oxygens (including phenoxy) is 2. The average Bonchev–Trinajstić information content (AvgIpc) is 2.98. The lowest BCUT2D eigenvalue weighted by atomic mass is 9.95. The van der Waals surface area contributed by atoms with Gasteiger partial charge >= 0.3 is 18.1 Å². The van der Waals surface area contributed by atoms with E-state index < -0.39 is 59.9 Å². The van der Waals surface area contributed by atoms with E-state index in [9.17, 15) is 32.3 Å². The normalized spacial score (nSPS) is 18.2. The van der Waals surface area contributed by atoms with Crippen molar-refractivity contribution >= 4 is 23.7 Å². The third-order valence-electron chi connectivity index (χ3n) is 6.82. The van der Waals surface area contributed by atoms with E-state index in [-0.39, 0.29) is 0 Å². The highest BCUT2D eigenvalue weighted by Crippen LogP contribution is 2.31. The minimum atomic E-state index is -5.26. The van der Waals surface area contributed by atoms with Gasteiger partial charge in [-0.2, -0.15) is 13.2 Å². The second-order valence-electron chi connectivity index (χ2n) is 10.1. The molecule has 0 saturated carbocycles. The van der Waals surface area contributed by atoms with Crippen LogP contribution < -0.4 is 5.32 Å². The third-order valence-corrected chi connectivity index (χ3v) is 6.82. The minimum Gasteiger partial charge on any atom is -0.471 e. The quantitative estimate of drug-likeness (QED) is 0.387. The van der Waals surface area contributed by atoms with Crippen LogP contribution in [0.15, 0.2) is 72.5 Å². The predicted molar refractivity (Wildman–Crippen MR) is 151 cm³/mol. The molecule has 232 valence electrons. The van der Waals surface area contributed by atoms with Gasteiger partial charge in [0, 0.05) is 27.1 Å². The Morgan fingerprint density at radius 3 is 1.88 bits per heavy atom. The van der Waals surface area contributed by atoms with Crippen molar-refractivity contribution in [2.75, 3.05) is 20.1 Å². The van der Waals surface area contributed by atoms with E-state index in [1.54, 1.807) is 60.7 Å². The first kappa shape index (κ1) is 33.2. The number of halogens is 3. The number of benzene rings is 2. The first-order valence-corrected chi connectivity index (χ1v) is 14.0. The van der Waals surface area contributed by atoms with Gasteiger partial charge in [0.05, 0.1) is 12.1 Å². The molecule has 3 rings (SSSR count). The van der Waals surface area contributed by atoms with Crippen LogP contribution in [0, 0.1) is 0 Å². The topological polar surface area (TPSA) is 105 Å². The van der Waals surface area contributed by atoms with Gasteiger partial charge in [-0.1, -0.05) is 74.5 Å². The number of nitrogens with one attached hydrogen (secondary N) is 1. The molecule has 0 aromatic heterocycles. The fourth-order valence-electron chi connectivity index (χ4n) is 4.89. The molecule has 0 aliphatic carbocycles. The summed E-state index contributed by atoms with van der Waals surface area (Å²) in [6, 6.07) is 14.5. The monoisotopic (exact) mass is 603 g/mol. The zero-order valence-electron chi connectivity index (χ0n) is 24.5. The van der Waals surface area contributed by atoms with Gasteiger partial charge in [0.1, 0.15) is 0 Å². The Kier molecular flexibility index (Phi) is 11.3. The van der Waals surface area contributed by atoms with Crippen LogP contribution in [0.5, 0.6) is 0 Å². The van der Waals surface area contributed by atoms with Crippen molar-refractivity contribution in [1.29, 1.82) is 0 Å². The van der Waals surface area contributed by atoms with Gasteiger partial charge in [0.2, 0.25) is 11.7 Å². The van der Waals surface area contributed by atoms with Crippen molar-refractivity contribution < 1.29 is 41.8 Å². The molecule has 2 aromatic rings. The van der Waals surface area contributed by atoms with E-state index in [0.717, 1.165) is 20.0 Å². The van der Waals surface area contributed by atoms with Crippen molar-refractivity contribution in [3.8, 4) is 0 Å². The zero-order valence-corrected chi connectivity index (χ0v) is 24.5. The highest BCUT2D eigenvalue weighted by atomic mass is 19.4. The summed E-state index contributed by atoms with van der Waals surface area (Å²) in [6.45, 7) is 5.41. The molecule has 3 amide bonds.